The van der Waals surface area contributed by atoms with Gasteiger partial charge in [0, 0.05) is 6.42 Å². The van der Waals surface area contributed by atoms with Gasteiger partial charge in [-0.3, -0.25) is 9.59 Å². The largest absolute Gasteiger partial charge is 0.466 e. The van der Waals surface area contributed by atoms with Gasteiger partial charge < -0.3 is 19.7 Å². The van der Waals surface area contributed by atoms with Crippen LogP contribution in [-0.2, 0) is 19.1 Å². The Bertz CT molecular complexity index is 343. The molecule has 0 unspecified atom stereocenters. The third kappa shape index (κ3) is 4.65. The van der Waals surface area contributed by atoms with Gasteiger partial charge in [-0.1, -0.05) is 12.2 Å². The summed E-state index contributed by atoms with van der Waals surface area (Å²) in [6, 6.07) is 0. The molecule has 0 saturated carbocycles. The first kappa shape index (κ1) is 15.7. The number of ether oxygens (including phenoxy) is 2. The molecule has 108 valence electrons. The van der Waals surface area contributed by atoms with E-state index < -0.39 is 23.1 Å². The first-order chi connectivity index (χ1) is 8.82. The van der Waals surface area contributed by atoms with Gasteiger partial charge in [-0.05, 0) is 13.8 Å². The lowest BCUT2D eigenvalue weighted by Crippen LogP contribution is -2.37. The summed E-state index contributed by atoms with van der Waals surface area (Å²) in [5, 5.41) is 20.3. The second-order valence-electron chi connectivity index (χ2n) is 4.68. The molecule has 0 amide bonds. The van der Waals surface area contributed by atoms with Crippen LogP contribution in [0, 0.1) is 0 Å². The molecule has 6 nitrogen and oxygen atoms in total. The van der Waals surface area contributed by atoms with Crippen LogP contribution >= 0.6 is 0 Å². The summed E-state index contributed by atoms with van der Waals surface area (Å²) in [6.07, 6.45) is 2.05. The van der Waals surface area contributed by atoms with Gasteiger partial charge in [0.2, 0.25) is 0 Å². The van der Waals surface area contributed by atoms with Crippen molar-refractivity contribution in [2.45, 2.75) is 44.3 Å². The van der Waals surface area contributed by atoms with Crippen LogP contribution in [0.15, 0.2) is 12.2 Å². The van der Waals surface area contributed by atoms with Crippen LogP contribution in [0.5, 0.6) is 0 Å². The van der Waals surface area contributed by atoms with Crippen LogP contribution in [0.2, 0.25) is 0 Å². The Kier molecular flexibility index (Phi) is 5.08. The third-order valence-corrected chi connectivity index (χ3v) is 2.83. The number of carbonyl (C=O) groups is 2. The summed E-state index contributed by atoms with van der Waals surface area (Å²) in [4.78, 5) is 22.7. The number of esters is 2. The molecule has 6 heteroatoms. The zero-order valence-electron chi connectivity index (χ0n) is 11.2. The molecule has 1 aliphatic carbocycles. The van der Waals surface area contributed by atoms with Gasteiger partial charge in [-0.25, -0.2) is 0 Å². The summed E-state index contributed by atoms with van der Waals surface area (Å²) in [7, 11) is 0. The minimum absolute atomic E-state index is 0.127. The lowest BCUT2D eigenvalue weighted by Gasteiger charge is -2.26. The quantitative estimate of drug-likeness (QED) is 0.534. The van der Waals surface area contributed by atoms with E-state index in [1.165, 1.54) is 12.2 Å². The molecule has 0 aromatic rings. The minimum Gasteiger partial charge on any atom is -0.466 e. The van der Waals surface area contributed by atoms with E-state index in [-0.39, 0.29) is 32.5 Å². The van der Waals surface area contributed by atoms with Crippen molar-refractivity contribution in [2.24, 2.45) is 0 Å². The van der Waals surface area contributed by atoms with Crippen molar-refractivity contribution in [3.05, 3.63) is 12.2 Å². The summed E-state index contributed by atoms with van der Waals surface area (Å²) in [5.74, 6) is -1.09. The third-order valence-electron chi connectivity index (χ3n) is 2.83. The Balaban J connectivity index is 2.58. The lowest BCUT2D eigenvalue weighted by atomic mass is 9.90. The molecule has 0 radical (unpaired) electrons. The van der Waals surface area contributed by atoms with E-state index in [1.54, 1.807) is 13.8 Å². The molecular weight excluding hydrogens is 252 g/mol. The smallest absolute Gasteiger partial charge is 0.309 e. The predicted molar refractivity (Wildman–Crippen MR) is 66.2 cm³/mol. The summed E-state index contributed by atoms with van der Waals surface area (Å²) >= 11 is 0. The number of rotatable bonds is 6. The molecule has 19 heavy (non-hydrogen) atoms. The zero-order chi connectivity index (χ0) is 14.5. The Labute approximate surface area is 112 Å². The van der Waals surface area contributed by atoms with E-state index in [2.05, 4.69) is 0 Å². The number of hydrogen-bond acceptors (Lipinski definition) is 6. The summed E-state index contributed by atoms with van der Waals surface area (Å²) < 4.78 is 9.50. The van der Waals surface area contributed by atoms with Crippen LogP contribution in [0.1, 0.15) is 33.1 Å². The highest BCUT2D eigenvalue weighted by Gasteiger charge is 2.44. The molecule has 0 heterocycles. The summed E-state index contributed by atoms with van der Waals surface area (Å²) in [5.41, 5.74) is -2.96. The second-order valence-corrected chi connectivity index (χ2v) is 4.68. The van der Waals surface area contributed by atoms with Gasteiger partial charge in [-0.2, -0.15) is 0 Å². The van der Waals surface area contributed by atoms with E-state index >= 15 is 0 Å². The molecule has 0 spiro atoms. The first-order valence-electron chi connectivity index (χ1n) is 6.29. The monoisotopic (exact) mass is 272 g/mol. The van der Waals surface area contributed by atoms with Crippen molar-refractivity contribution >= 4 is 11.9 Å². The Morgan fingerprint density at radius 3 is 1.68 bits per heavy atom. The second kappa shape index (κ2) is 6.16. The van der Waals surface area contributed by atoms with Crippen molar-refractivity contribution in [1.29, 1.82) is 0 Å². The highest BCUT2D eigenvalue weighted by atomic mass is 16.5. The van der Waals surface area contributed by atoms with Gasteiger partial charge in [0.15, 0.2) is 0 Å². The van der Waals surface area contributed by atoms with Crippen LogP contribution < -0.4 is 0 Å². The number of aliphatic hydroxyl groups is 2. The Morgan fingerprint density at radius 1 is 1.00 bits per heavy atom. The average molecular weight is 272 g/mol. The van der Waals surface area contributed by atoms with Crippen molar-refractivity contribution in [1.82, 2.24) is 0 Å². The Morgan fingerprint density at radius 2 is 1.37 bits per heavy atom. The van der Waals surface area contributed by atoms with Crippen LogP contribution in [0.25, 0.3) is 0 Å². The molecule has 0 aromatic heterocycles. The van der Waals surface area contributed by atoms with E-state index in [0.717, 1.165) is 0 Å². The van der Waals surface area contributed by atoms with E-state index in [1.807, 2.05) is 0 Å². The molecule has 2 atom stereocenters. The molecule has 1 aliphatic rings. The van der Waals surface area contributed by atoms with Gasteiger partial charge in [0.05, 0.1) is 37.3 Å². The highest BCUT2D eigenvalue weighted by molar-refractivity contribution is 5.73. The predicted octanol–water partition coefficient (Wildman–Crippen LogP) is 0.315. The average Bonchev–Trinajstić information content (AvgIpc) is 2.54. The molecular formula is C13H20O6. The molecule has 0 aromatic carbocycles. The van der Waals surface area contributed by atoms with E-state index in [4.69, 9.17) is 9.47 Å². The molecule has 1 rings (SSSR count). The van der Waals surface area contributed by atoms with Crippen LogP contribution in [-0.4, -0.2) is 46.6 Å². The number of carbonyl (C=O) groups excluding carboxylic acids is 2. The molecule has 0 saturated heterocycles. The topological polar surface area (TPSA) is 93.1 Å². The molecule has 0 aliphatic heterocycles. The fourth-order valence-corrected chi connectivity index (χ4v) is 2.12. The van der Waals surface area contributed by atoms with Crippen molar-refractivity contribution < 1.29 is 29.3 Å². The van der Waals surface area contributed by atoms with E-state index in [9.17, 15) is 19.8 Å². The van der Waals surface area contributed by atoms with Crippen molar-refractivity contribution in [2.75, 3.05) is 13.2 Å². The van der Waals surface area contributed by atoms with E-state index in [0.29, 0.717) is 0 Å². The normalized spacial score (nSPS) is 29.3. The van der Waals surface area contributed by atoms with Crippen LogP contribution in [0.4, 0.5) is 0 Å². The fraction of sp³-hybridized carbons (Fsp3) is 0.692. The SMILES string of the molecule is CCOC(=O)C[C@]1(O)C=C[C@](O)(CC(=O)OCC)C1. The van der Waals surface area contributed by atoms with Crippen LogP contribution in [0.3, 0.4) is 0 Å². The molecule has 0 bridgehead atoms. The minimum atomic E-state index is -1.48. The maximum atomic E-state index is 11.4. The lowest BCUT2D eigenvalue weighted by molar-refractivity contribution is -0.149. The van der Waals surface area contributed by atoms with Gasteiger partial charge in [-0.15, -0.1) is 0 Å². The van der Waals surface area contributed by atoms with Gasteiger partial charge >= 0.3 is 11.9 Å². The zero-order valence-corrected chi connectivity index (χ0v) is 11.2. The highest BCUT2D eigenvalue weighted by Crippen LogP contribution is 2.36. The van der Waals surface area contributed by atoms with Gasteiger partial charge in [0.1, 0.15) is 0 Å². The standard InChI is InChI=1S/C13H20O6/c1-3-18-10(14)7-12(16)5-6-13(17,9-12)8-11(15)19-4-2/h5-6,16-17H,3-4,7-9H2,1-2H3/t12-,13+. The van der Waals surface area contributed by atoms with Crippen molar-refractivity contribution in [3.8, 4) is 0 Å². The number of hydrogen-bond donors (Lipinski definition) is 2. The maximum Gasteiger partial charge on any atom is 0.309 e. The summed E-state index contributed by atoms with van der Waals surface area (Å²) in [6.45, 7) is 3.80. The Hall–Kier alpha value is -1.40. The molecule has 0 fully saturated rings. The van der Waals surface area contributed by atoms with Crippen molar-refractivity contribution in [3.63, 3.8) is 0 Å². The fourth-order valence-electron chi connectivity index (χ4n) is 2.12. The maximum absolute atomic E-state index is 11.4. The molecule has 2 N–H and O–H groups in total. The first-order valence-corrected chi connectivity index (χ1v) is 6.29. The van der Waals surface area contributed by atoms with Gasteiger partial charge in [0.25, 0.3) is 0 Å².